The van der Waals surface area contributed by atoms with Gasteiger partial charge in [-0.2, -0.15) is 0 Å². The molecular weight excluding hydrogens is 580 g/mol. The van der Waals surface area contributed by atoms with Crippen molar-refractivity contribution >= 4 is 23.5 Å². The third kappa shape index (κ3) is 9.18. The summed E-state index contributed by atoms with van der Waals surface area (Å²) in [6.07, 6.45) is -0.635. The molecule has 0 unspecified atom stereocenters. The van der Waals surface area contributed by atoms with Crippen molar-refractivity contribution < 1.29 is 33.6 Å². The Bertz CT molecular complexity index is 1380. The van der Waals surface area contributed by atoms with E-state index in [1.807, 2.05) is 0 Å². The molecule has 13 heteroatoms. The summed E-state index contributed by atoms with van der Waals surface area (Å²) in [6.45, 7) is 9.52. The fourth-order valence-corrected chi connectivity index (χ4v) is 5.19. The number of aliphatic hydroxyl groups is 1. The highest BCUT2D eigenvalue weighted by atomic mass is 16.6. The Labute approximate surface area is 263 Å². The van der Waals surface area contributed by atoms with Gasteiger partial charge in [0.05, 0.1) is 19.8 Å². The van der Waals surface area contributed by atoms with Crippen molar-refractivity contribution in [1.82, 2.24) is 10.2 Å². The predicted molar refractivity (Wildman–Crippen MR) is 167 cm³/mol. The van der Waals surface area contributed by atoms with Gasteiger partial charge in [-0.15, -0.1) is 0 Å². The lowest BCUT2D eigenvalue weighted by atomic mass is 9.82. The number of amides is 1. The van der Waals surface area contributed by atoms with Crippen molar-refractivity contribution in [2.75, 3.05) is 52.6 Å². The molecule has 2 N–H and O–H groups in total. The van der Waals surface area contributed by atoms with E-state index in [0.29, 0.717) is 56.2 Å². The SMILES string of the molecule is CC(C)(C)OC(=O)CC[C@]1(C(=O)NCCN2CCOCC2)N=C(c2ccc(OCCCO)cc2)O[C@H]1c1ccccc1N=[N+]=[N-]. The van der Waals surface area contributed by atoms with Crippen molar-refractivity contribution in [2.45, 2.75) is 57.3 Å². The van der Waals surface area contributed by atoms with E-state index in [9.17, 15) is 15.1 Å². The van der Waals surface area contributed by atoms with Crippen LogP contribution in [0.4, 0.5) is 5.69 Å². The molecule has 1 fully saturated rings. The first-order valence-corrected chi connectivity index (χ1v) is 15.2. The molecule has 0 radical (unpaired) electrons. The summed E-state index contributed by atoms with van der Waals surface area (Å²) in [5.74, 6) is -0.0876. The standard InChI is InChI=1S/C32H42N6O7/c1-31(2,3)45-27(40)13-14-32(30(41)34-15-16-38-17-21-42-22-18-38)28(25-7-4-5-8-26(25)36-37-33)44-29(35-32)23-9-11-24(12-10-23)43-20-6-19-39/h4-5,7-12,28,39H,6,13-22H2,1-3H3,(H,34,41)/t28-,32-/m0/s1. The van der Waals surface area contributed by atoms with Crippen LogP contribution in [0.1, 0.15) is 57.3 Å². The van der Waals surface area contributed by atoms with Gasteiger partial charge >= 0.3 is 5.97 Å². The molecule has 0 aliphatic carbocycles. The van der Waals surface area contributed by atoms with Crippen molar-refractivity contribution in [1.29, 1.82) is 0 Å². The van der Waals surface area contributed by atoms with E-state index >= 15 is 0 Å². The maximum absolute atomic E-state index is 14.3. The minimum atomic E-state index is -1.59. The van der Waals surface area contributed by atoms with Crippen LogP contribution in [0.25, 0.3) is 10.4 Å². The van der Waals surface area contributed by atoms with E-state index in [1.54, 1.807) is 69.3 Å². The molecule has 4 rings (SSSR count). The van der Waals surface area contributed by atoms with Crippen LogP contribution < -0.4 is 10.1 Å². The number of hydrogen-bond acceptors (Lipinski definition) is 10. The molecule has 2 aliphatic rings. The molecule has 0 aromatic heterocycles. The summed E-state index contributed by atoms with van der Waals surface area (Å²) >= 11 is 0. The number of nitrogens with zero attached hydrogens (tertiary/aromatic N) is 5. The van der Waals surface area contributed by atoms with Gasteiger partial charge in [0.15, 0.2) is 11.6 Å². The van der Waals surface area contributed by atoms with Gasteiger partial charge in [-0.1, -0.05) is 29.4 Å². The fourth-order valence-electron chi connectivity index (χ4n) is 5.19. The Morgan fingerprint density at radius 3 is 2.60 bits per heavy atom. The van der Waals surface area contributed by atoms with Crippen LogP contribution in [-0.2, 0) is 23.8 Å². The minimum Gasteiger partial charge on any atom is -0.494 e. The predicted octanol–water partition coefficient (Wildman–Crippen LogP) is 4.22. The number of ether oxygens (including phenoxy) is 4. The average Bonchev–Trinajstić information content (AvgIpc) is 3.41. The summed E-state index contributed by atoms with van der Waals surface area (Å²) < 4.78 is 23.1. The number of carbonyl (C=O) groups excluding carboxylic acids is 2. The minimum absolute atomic E-state index is 0.0214. The number of carbonyl (C=O) groups is 2. The topological polar surface area (TPSA) is 168 Å². The number of azide groups is 1. The quantitative estimate of drug-likeness (QED) is 0.104. The number of nitrogens with one attached hydrogen (secondary N) is 1. The van der Waals surface area contributed by atoms with E-state index in [0.717, 1.165) is 13.1 Å². The second-order valence-electron chi connectivity index (χ2n) is 11.8. The van der Waals surface area contributed by atoms with Crippen molar-refractivity contribution in [3.8, 4) is 5.75 Å². The van der Waals surface area contributed by atoms with Crippen LogP contribution in [0.15, 0.2) is 58.6 Å². The fraction of sp³-hybridized carbons (Fsp3) is 0.531. The summed E-state index contributed by atoms with van der Waals surface area (Å²) in [5.41, 5.74) is 8.34. The molecule has 0 bridgehead atoms. The van der Waals surface area contributed by atoms with Crippen molar-refractivity contribution in [2.24, 2.45) is 10.1 Å². The Hall–Kier alpha value is -4.16. The summed E-state index contributed by atoms with van der Waals surface area (Å²) in [7, 11) is 0. The molecule has 0 saturated carbocycles. The van der Waals surface area contributed by atoms with Gasteiger partial charge in [0.2, 0.25) is 5.90 Å². The van der Waals surface area contributed by atoms with Gasteiger partial charge in [0, 0.05) is 67.4 Å². The molecular formula is C32H42N6O7. The van der Waals surface area contributed by atoms with Crippen molar-refractivity contribution in [3.05, 3.63) is 70.1 Å². The highest BCUT2D eigenvalue weighted by Crippen LogP contribution is 2.46. The Morgan fingerprint density at radius 1 is 1.18 bits per heavy atom. The molecule has 45 heavy (non-hydrogen) atoms. The Morgan fingerprint density at radius 2 is 1.91 bits per heavy atom. The third-order valence-electron chi connectivity index (χ3n) is 7.35. The van der Waals surface area contributed by atoms with Gasteiger partial charge < -0.3 is 29.4 Å². The lowest BCUT2D eigenvalue weighted by molar-refractivity contribution is -0.155. The van der Waals surface area contributed by atoms with Gasteiger partial charge in [-0.3, -0.25) is 14.5 Å². The number of hydrogen-bond donors (Lipinski definition) is 2. The molecule has 1 amide bonds. The molecule has 2 aromatic carbocycles. The first-order valence-electron chi connectivity index (χ1n) is 15.2. The highest BCUT2D eigenvalue weighted by Gasteiger charge is 2.53. The number of esters is 1. The van der Waals surface area contributed by atoms with Gasteiger partial charge in [-0.05, 0) is 57.0 Å². The van der Waals surface area contributed by atoms with Gasteiger partial charge in [0.1, 0.15) is 11.4 Å². The van der Waals surface area contributed by atoms with E-state index in [4.69, 9.17) is 29.0 Å². The summed E-state index contributed by atoms with van der Waals surface area (Å²) in [6, 6.07) is 13.9. The average molecular weight is 623 g/mol. The number of rotatable bonds is 14. The Kier molecular flexibility index (Phi) is 11.8. The van der Waals surface area contributed by atoms with E-state index in [-0.39, 0.29) is 31.0 Å². The van der Waals surface area contributed by atoms with Crippen molar-refractivity contribution in [3.63, 3.8) is 0 Å². The van der Waals surface area contributed by atoms with E-state index < -0.39 is 29.1 Å². The summed E-state index contributed by atoms with van der Waals surface area (Å²) in [4.78, 5) is 37.4. The molecule has 1 saturated heterocycles. The first kappa shape index (κ1) is 33.7. The molecule has 2 aromatic rings. The number of aliphatic imine (C=N–C) groups is 1. The first-order chi connectivity index (χ1) is 21.6. The van der Waals surface area contributed by atoms with Crippen LogP contribution in [0.3, 0.4) is 0 Å². The van der Waals surface area contributed by atoms with Crippen LogP contribution >= 0.6 is 0 Å². The zero-order valence-electron chi connectivity index (χ0n) is 26.1. The van der Waals surface area contributed by atoms with Gasteiger partial charge in [0.25, 0.3) is 5.91 Å². The largest absolute Gasteiger partial charge is 0.494 e. The second kappa shape index (κ2) is 15.7. The molecule has 0 spiro atoms. The number of aliphatic hydroxyl groups excluding tert-OH is 1. The molecule has 242 valence electrons. The van der Waals surface area contributed by atoms with Gasteiger partial charge in [-0.25, -0.2) is 4.99 Å². The third-order valence-corrected chi connectivity index (χ3v) is 7.35. The highest BCUT2D eigenvalue weighted by molar-refractivity contribution is 6.01. The zero-order chi connectivity index (χ0) is 32.3. The monoisotopic (exact) mass is 622 g/mol. The lowest BCUT2D eigenvalue weighted by Gasteiger charge is -2.32. The normalized spacial score (nSPS) is 20.0. The van der Waals surface area contributed by atoms with Crippen LogP contribution in [-0.4, -0.2) is 91.5 Å². The smallest absolute Gasteiger partial charge is 0.306 e. The molecule has 13 nitrogen and oxygen atoms in total. The number of morpholine rings is 1. The van der Waals surface area contributed by atoms with E-state index in [1.165, 1.54) is 0 Å². The zero-order valence-corrected chi connectivity index (χ0v) is 26.1. The maximum Gasteiger partial charge on any atom is 0.306 e. The number of benzene rings is 2. The van der Waals surface area contributed by atoms with Crippen LogP contribution in [0, 0.1) is 0 Å². The van der Waals surface area contributed by atoms with Crippen LogP contribution in [0.5, 0.6) is 5.75 Å². The molecule has 2 aliphatic heterocycles. The summed E-state index contributed by atoms with van der Waals surface area (Å²) in [5, 5.41) is 15.9. The molecule has 2 atom stereocenters. The molecule has 2 heterocycles. The lowest BCUT2D eigenvalue weighted by Crippen LogP contribution is -2.50. The maximum atomic E-state index is 14.3. The second-order valence-corrected chi connectivity index (χ2v) is 11.8. The Balaban J connectivity index is 1.71. The van der Waals surface area contributed by atoms with E-state index in [2.05, 4.69) is 20.2 Å². The van der Waals surface area contributed by atoms with Crippen LogP contribution in [0.2, 0.25) is 0 Å².